The molecule has 0 heterocycles. The first-order valence-electron chi connectivity index (χ1n) is 7.65. The van der Waals surface area contributed by atoms with Gasteiger partial charge in [-0.15, -0.1) is 24.0 Å². The number of nitrogens with one attached hydrogen (secondary N) is 1. The van der Waals surface area contributed by atoms with Crippen molar-refractivity contribution in [3.8, 4) is 11.5 Å². The number of nitrogens with zero attached hydrogens (tertiary/aromatic N) is 1. The Balaban J connectivity index is 0.00000338. The third kappa shape index (κ3) is 5.93. The fourth-order valence-electron chi connectivity index (χ4n) is 2.31. The van der Waals surface area contributed by atoms with Crippen molar-refractivity contribution in [3.05, 3.63) is 53.1 Å². The highest BCUT2D eigenvalue weighted by molar-refractivity contribution is 14.0. The van der Waals surface area contributed by atoms with Gasteiger partial charge in [0.05, 0.1) is 26.5 Å². The third-order valence-electron chi connectivity index (χ3n) is 3.63. The molecule has 0 amide bonds. The van der Waals surface area contributed by atoms with E-state index in [1.165, 1.54) is 0 Å². The standard InChI is InChI=1S/C18H22ClN3O3.HI/c1-23-12-8-9-16(24-2)15(10-12)22-18(20)21-11-17(25-3)13-6-4-5-7-14(13)19;/h4-10,17H,11H2,1-3H3,(H3,20,21,22);1H. The first kappa shape index (κ1) is 22.3. The maximum atomic E-state index is 6.21. The fourth-order valence-corrected chi connectivity index (χ4v) is 2.56. The molecule has 8 heteroatoms. The molecule has 0 aliphatic heterocycles. The number of rotatable bonds is 7. The van der Waals surface area contributed by atoms with E-state index < -0.39 is 0 Å². The molecular formula is C18H23ClIN3O3. The minimum atomic E-state index is -0.291. The number of hydrogen-bond donors (Lipinski definition) is 2. The molecule has 142 valence electrons. The zero-order chi connectivity index (χ0) is 18.2. The van der Waals surface area contributed by atoms with Gasteiger partial charge in [0.2, 0.25) is 0 Å². The molecule has 0 bridgehead atoms. The highest BCUT2D eigenvalue weighted by Gasteiger charge is 2.13. The molecule has 2 aromatic carbocycles. The van der Waals surface area contributed by atoms with Crippen molar-refractivity contribution in [1.82, 2.24) is 0 Å². The lowest BCUT2D eigenvalue weighted by Gasteiger charge is -2.16. The second-order valence-corrected chi connectivity index (χ2v) is 5.57. The minimum Gasteiger partial charge on any atom is -0.497 e. The Kier molecular flexibility index (Phi) is 9.53. The first-order chi connectivity index (χ1) is 12.1. The van der Waals surface area contributed by atoms with Gasteiger partial charge < -0.3 is 25.3 Å². The largest absolute Gasteiger partial charge is 0.497 e. The lowest BCUT2D eigenvalue weighted by atomic mass is 10.1. The Hall–Kier alpha value is -1.71. The van der Waals surface area contributed by atoms with Gasteiger partial charge in [-0.05, 0) is 18.2 Å². The summed E-state index contributed by atoms with van der Waals surface area (Å²) in [6.45, 7) is 0.325. The summed E-state index contributed by atoms with van der Waals surface area (Å²) < 4.78 is 16.0. The average molecular weight is 492 g/mol. The lowest BCUT2D eigenvalue weighted by Crippen LogP contribution is -2.24. The summed E-state index contributed by atoms with van der Waals surface area (Å²) >= 11 is 6.21. The Morgan fingerprint density at radius 3 is 2.50 bits per heavy atom. The van der Waals surface area contributed by atoms with E-state index in [9.17, 15) is 0 Å². The molecule has 0 aliphatic rings. The van der Waals surface area contributed by atoms with Gasteiger partial charge in [0, 0.05) is 23.8 Å². The van der Waals surface area contributed by atoms with Crippen LogP contribution in [-0.2, 0) is 4.74 Å². The van der Waals surface area contributed by atoms with Crippen LogP contribution in [0.1, 0.15) is 11.7 Å². The van der Waals surface area contributed by atoms with E-state index in [2.05, 4.69) is 10.3 Å². The number of aliphatic imine (C=N–C) groups is 1. The zero-order valence-electron chi connectivity index (χ0n) is 14.9. The summed E-state index contributed by atoms with van der Waals surface area (Å²) in [6.07, 6.45) is -0.291. The molecule has 0 saturated carbocycles. The Bertz CT molecular complexity index is 743. The van der Waals surface area contributed by atoms with Gasteiger partial charge in [-0.2, -0.15) is 0 Å². The number of nitrogens with two attached hydrogens (primary N) is 1. The topological polar surface area (TPSA) is 78.1 Å². The van der Waals surface area contributed by atoms with Crippen LogP contribution in [0.5, 0.6) is 11.5 Å². The molecule has 6 nitrogen and oxygen atoms in total. The number of ether oxygens (including phenoxy) is 3. The van der Waals surface area contributed by atoms with E-state index in [0.29, 0.717) is 28.8 Å². The molecule has 2 aromatic rings. The SMILES string of the molecule is COc1ccc(OC)c(NC(N)=NCC(OC)c2ccccc2Cl)c1.I. The molecular weight excluding hydrogens is 469 g/mol. The van der Waals surface area contributed by atoms with Crippen LogP contribution in [-0.4, -0.2) is 33.8 Å². The number of methoxy groups -OCH3 is 3. The summed E-state index contributed by atoms with van der Waals surface area (Å²) in [4.78, 5) is 4.34. The van der Waals surface area contributed by atoms with E-state index in [4.69, 9.17) is 31.5 Å². The van der Waals surface area contributed by atoms with Gasteiger partial charge >= 0.3 is 0 Å². The van der Waals surface area contributed by atoms with Crippen molar-refractivity contribution < 1.29 is 14.2 Å². The quantitative estimate of drug-likeness (QED) is 0.347. The number of benzene rings is 2. The van der Waals surface area contributed by atoms with Crippen LogP contribution in [0, 0.1) is 0 Å². The predicted octanol–water partition coefficient (Wildman–Crippen LogP) is 4.09. The van der Waals surface area contributed by atoms with E-state index in [-0.39, 0.29) is 36.0 Å². The van der Waals surface area contributed by atoms with Crippen LogP contribution >= 0.6 is 35.6 Å². The van der Waals surface area contributed by atoms with Gasteiger partial charge in [-0.1, -0.05) is 29.8 Å². The van der Waals surface area contributed by atoms with Crippen LogP contribution in [0.4, 0.5) is 5.69 Å². The zero-order valence-corrected chi connectivity index (χ0v) is 17.9. The van der Waals surface area contributed by atoms with Crippen LogP contribution < -0.4 is 20.5 Å². The number of halogens is 2. The van der Waals surface area contributed by atoms with Crippen molar-refractivity contribution in [2.24, 2.45) is 10.7 Å². The Morgan fingerprint density at radius 1 is 1.15 bits per heavy atom. The number of anilines is 1. The predicted molar refractivity (Wildman–Crippen MR) is 116 cm³/mol. The smallest absolute Gasteiger partial charge is 0.193 e. The molecule has 1 unspecified atom stereocenters. The molecule has 1 atom stereocenters. The second kappa shape index (κ2) is 11.1. The maximum absolute atomic E-state index is 6.21. The van der Waals surface area contributed by atoms with E-state index in [1.807, 2.05) is 24.3 Å². The van der Waals surface area contributed by atoms with Crippen molar-refractivity contribution in [2.75, 3.05) is 33.2 Å². The van der Waals surface area contributed by atoms with Crippen molar-refractivity contribution in [1.29, 1.82) is 0 Å². The molecule has 0 radical (unpaired) electrons. The molecule has 0 aromatic heterocycles. The van der Waals surface area contributed by atoms with Crippen LogP contribution in [0.2, 0.25) is 5.02 Å². The monoisotopic (exact) mass is 491 g/mol. The summed E-state index contributed by atoms with van der Waals surface area (Å²) in [5, 5.41) is 3.65. The molecule has 0 aliphatic carbocycles. The summed E-state index contributed by atoms with van der Waals surface area (Å²) in [5.41, 5.74) is 7.52. The summed E-state index contributed by atoms with van der Waals surface area (Å²) in [5.74, 6) is 1.55. The van der Waals surface area contributed by atoms with Gasteiger partial charge in [0.1, 0.15) is 17.6 Å². The number of hydrogen-bond acceptors (Lipinski definition) is 4. The second-order valence-electron chi connectivity index (χ2n) is 5.16. The van der Waals surface area contributed by atoms with Crippen molar-refractivity contribution in [2.45, 2.75) is 6.10 Å². The van der Waals surface area contributed by atoms with Crippen molar-refractivity contribution >= 4 is 47.2 Å². The molecule has 0 spiro atoms. The molecule has 0 saturated heterocycles. The van der Waals surface area contributed by atoms with E-state index in [1.54, 1.807) is 39.5 Å². The first-order valence-corrected chi connectivity index (χ1v) is 8.03. The van der Waals surface area contributed by atoms with Gasteiger partial charge in [-0.25, -0.2) is 0 Å². The van der Waals surface area contributed by atoms with Crippen LogP contribution in [0.3, 0.4) is 0 Å². The summed E-state index contributed by atoms with van der Waals surface area (Å²) in [6, 6.07) is 12.9. The summed E-state index contributed by atoms with van der Waals surface area (Å²) in [7, 11) is 4.78. The fraction of sp³-hybridized carbons (Fsp3) is 0.278. The normalized spacial score (nSPS) is 12.1. The molecule has 2 rings (SSSR count). The van der Waals surface area contributed by atoms with Gasteiger partial charge in [-0.3, -0.25) is 4.99 Å². The van der Waals surface area contributed by atoms with Crippen LogP contribution in [0.15, 0.2) is 47.5 Å². The number of guanidine groups is 1. The lowest BCUT2D eigenvalue weighted by molar-refractivity contribution is 0.111. The average Bonchev–Trinajstić information content (AvgIpc) is 2.63. The van der Waals surface area contributed by atoms with Crippen LogP contribution in [0.25, 0.3) is 0 Å². The highest BCUT2D eigenvalue weighted by Crippen LogP contribution is 2.29. The molecule has 3 N–H and O–H groups in total. The van der Waals surface area contributed by atoms with E-state index in [0.717, 1.165) is 5.56 Å². The third-order valence-corrected chi connectivity index (χ3v) is 3.98. The van der Waals surface area contributed by atoms with Crippen molar-refractivity contribution in [3.63, 3.8) is 0 Å². The Labute approximate surface area is 175 Å². The Morgan fingerprint density at radius 2 is 1.88 bits per heavy atom. The maximum Gasteiger partial charge on any atom is 0.193 e. The van der Waals surface area contributed by atoms with Gasteiger partial charge in [0.15, 0.2) is 5.96 Å². The minimum absolute atomic E-state index is 0. The van der Waals surface area contributed by atoms with E-state index >= 15 is 0 Å². The molecule has 0 fully saturated rings. The molecule has 26 heavy (non-hydrogen) atoms. The van der Waals surface area contributed by atoms with Gasteiger partial charge in [0.25, 0.3) is 0 Å². The highest BCUT2D eigenvalue weighted by atomic mass is 127.